The highest BCUT2D eigenvalue weighted by atomic mass is 16.6. The van der Waals surface area contributed by atoms with Crippen LogP contribution in [0, 0.1) is 11.3 Å². The normalized spacial score (nSPS) is 17.4. The molecule has 5 nitrogen and oxygen atoms in total. The minimum Gasteiger partial charge on any atom is -0.492 e. The van der Waals surface area contributed by atoms with Crippen molar-refractivity contribution in [3.8, 4) is 22.9 Å². The zero-order valence-electron chi connectivity index (χ0n) is 14.8. The molecular formula is C21H20N2O3. The van der Waals surface area contributed by atoms with Crippen LogP contribution in [0.15, 0.2) is 30.3 Å². The van der Waals surface area contributed by atoms with E-state index in [0.717, 1.165) is 22.4 Å². The van der Waals surface area contributed by atoms with E-state index in [9.17, 15) is 10.1 Å². The van der Waals surface area contributed by atoms with Gasteiger partial charge < -0.3 is 14.8 Å². The van der Waals surface area contributed by atoms with Gasteiger partial charge in [0.25, 0.3) is 5.91 Å². The highest BCUT2D eigenvalue weighted by Crippen LogP contribution is 2.42. The van der Waals surface area contributed by atoms with Gasteiger partial charge in [0.05, 0.1) is 24.5 Å². The lowest BCUT2D eigenvalue weighted by atomic mass is 9.94. The minimum absolute atomic E-state index is 0.207. The van der Waals surface area contributed by atoms with Crippen LogP contribution in [0.25, 0.3) is 11.1 Å². The number of rotatable bonds is 4. The van der Waals surface area contributed by atoms with Gasteiger partial charge in [-0.3, -0.25) is 4.79 Å². The molecule has 0 unspecified atom stereocenters. The first-order valence-corrected chi connectivity index (χ1v) is 8.84. The van der Waals surface area contributed by atoms with Crippen molar-refractivity contribution in [3.63, 3.8) is 0 Å². The Morgan fingerprint density at radius 2 is 2.04 bits per heavy atom. The maximum atomic E-state index is 12.1. The summed E-state index contributed by atoms with van der Waals surface area (Å²) in [5.74, 6) is 1.00. The van der Waals surface area contributed by atoms with Crippen molar-refractivity contribution < 1.29 is 14.3 Å². The van der Waals surface area contributed by atoms with Crippen LogP contribution in [0.2, 0.25) is 0 Å². The van der Waals surface area contributed by atoms with E-state index >= 15 is 0 Å². The first-order chi connectivity index (χ1) is 12.6. The van der Waals surface area contributed by atoms with E-state index < -0.39 is 6.10 Å². The molecule has 0 aliphatic carbocycles. The number of amides is 1. The highest BCUT2D eigenvalue weighted by Gasteiger charge is 2.33. The molecule has 0 aromatic heterocycles. The molecule has 1 saturated heterocycles. The molecule has 26 heavy (non-hydrogen) atoms. The summed E-state index contributed by atoms with van der Waals surface area (Å²) < 4.78 is 10.9. The van der Waals surface area contributed by atoms with Gasteiger partial charge >= 0.3 is 0 Å². The largest absolute Gasteiger partial charge is 0.492 e. The zero-order valence-corrected chi connectivity index (χ0v) is 14.8. The number of nitrogens with zero attached hydrogens (tertiary/aromatic N) is 1. The second-order valence-electron chi connectivity index (χ2n) is 6.95. The van der Waals surface area contributed by atoms with E-state index in [1.54, 1.807) is 0 Å². The molecule has 0 spiro atoms. The van der Waals surface area contributed by atoms with Gasteiger partial charge in [0.1, 0.15) is 11.8 Å². The summed E-state index contributed by atoms with van der Waals surface area (Å²) in [4.78, 5) is 12.1. The average molecular weight is 348 g/mol. The summed E-state index contributed by atoms with van der Waals surface area (Å²) >= 11 is 0. The Morgan fingerprint density at radius 3 is 2.65 bits per heavy atom. The van der Waals surface area contributed by atoms with Crippen LogP contribution < -0.4 is 10.1 Å². The van der Waals surface area contributed by atoms with Crippen molar-refractivity contribution in [1.29, 1.82) is 5.26 Å². The van der Waals surface area contributed by atoms with Crippen LogP contribution in [-0.2, 0) is 16.0 Å². The number of nitrogens with one attached hydrogen (secondary N) is 1. The van der Waals surface area contributed by atoms with E-state index in [4.69, 9.17) is 9.47 Å². The lowest BCUT2D eigenvalue weighted by Crippen LogP contribution is -2.19. The van der Waals surface area contributed by atoms with E-state index in [0.29, 0.717) is 36.8 Å². The smallest absolute Gasteiger partial charge is 0.255 e. The van der Waals surface area contributed by atoms with E-state index in [-0.39, 0.29) is 5.91 Å². The summed E-state index contributed by atoms with van der Waals surface area (Å²) in [6, 6.07) is 12.4. The molecule has 0 radical (unpaired) electrons. The van der Waals surface area contributed by atoms with Crippen LogP contribution in [-0.4, -0.2) is 25.2 Å². The van der Waals surface area contributed by atoms with Crippen LogP contribution in [0.4, 0.5) is 5.69 Å². The molecule has 2 aromatic rings. The molecule has 0 bridgehead atoms. The number of hydrogen-bond acceptors (Lipinski definition) is 4. The van der Waals surface area contributed by atoms with Gasteiger partial charge in [-0.25, -0.2) is 0 Å². The van der Waals surface area contributed by atoms with Gasteiger partial charge in [0, 0.05) is 17.5 Å². The van der Waals surface area contributed by atoms with Crippen LogP contribution in [0.5, 0.6) is 5.75 Å². The number of carbonyl (C=O) groups excluding carboxylic acids is 1. The van der Waals surface area contributed by atoms with Crippen molar-refractivity contribution in [2.24, 2.45) is 0 Å². The van der Waals surface area contributed by atoms with Crippen LogP contribution >= 0.6 is 0 Å². The lowest BCUT2D eigenvalue weighted by Gasteiger charge is -2.15. The topological polar surface area (TPSA) is 74.7 Å². The Hall–Kier alpha value is -2.84. The second kappa shape index (κ2) is 6.47. The molecule has 1 N–H and O–H groups in total. The Balaban J connectivity index is 1.80. The summed E-state index contributed by atoms with van der Waals surface area (Å²) in [7, 11) is 0. The van der Waals surface area contributed by atoms with E-state index in [2.05, 4.69) is 49.5 Å². The van der Waals surface area contributed by atoms with Crippen molar-refractivity contribution in [2.45, 2.75) is 32.3 Å². The van der Waals surface area contributed by atoms with Crippen LogP contribution in [0.1, 0.15) is 36.5 Å². The summed E-state index contributed by atoms with van der Waals surface area (Å²) in [6.45, 7) is 5.30. The maximum absolute atomic E-state index is 12.1. The van der Waals surface area contributed by atoms with Gasteiger partial charge in [-0.05, 0) is 23.1 Å². The fraction of sp³-hybridized carbons (Fsp3) is 0.333. The van der Waals surface area contributed by atoms with E-state index in [1.807, 2.05) is 6.07 Å². The molecule has 2 heterocycles. The number of fused-ring (bicyclic) bond motifs is 1. The molecule has 1 fully saturated rings. The van der Waals surface area contributed by atoms with Gasteiger partial charge in [-0.2, -0.15) is 5.26 Å². The highest BCUT2D eigenvalue weighted by molar-refractivity contribution is 5.98. The number of anilines is 1. The molecular weight excluding hydrogens is 328 g/mol. The standard InChI is InChI=1S/C21H20N2O3/c1-12(2)13-3-5-14(6-4-13)16-9-18(23-21(24)19-11-26-19)17(10-22)15-7-8-25-20(15)16/h3-6,9,12,19H,7-8,11H2,1-2H3,(H,23,24)/t19-/m1/s1. The summed E-state index contributed by atoms with van der Waals surface area (Å²) in [5.41, 5.74) is 5.05. The van der Waals surface area contributed by atoms with Crippen LogP contribution in [0.3, 0.4) is 0 Å². The third-order valence-electron chi connectivity index (χ3n) is 4.86. The Bertz CT molecular complexity index is 906. The molecule has 2 aromatic carbocycles. The predicted molar refractivity (Wildman–Crippen MR) is 98.3 cm³/mol. The lowest BCUT2D eigenvalue weighted by molar-refractivity contribution is -0.117. The monoisotopic (exact) mass is 348 g/mol. The summed E-state index contributed by atoms with van der Waals surface area (Å²) in [6.07, 6.45) is 0.263. The van der Waals surface area contributed by atoms with Crippen molar-refractivity contribution >= 4 is 11.6 Å². The molecule has 1 atom stereocenters. The predicted octanol–water partition coefficient (Wildman–Crippen LogP) is 3.62. The molecule has 4 rings (SSSR count). The first kappa shape index (κ1) is 16.6. The SMILES string of the molecule is CC(C)c1ccc(-c2cc(NC(=O)[C@H]3CO3)c(C#N)c3c2OCC3)cc1. The number of nitriles is 1. The first-order valence-electron chi connectivity index (χ1n) is 8.84. The van der Waals surface area contributed by atoms with Gasteiger partial charge in [0.2, 0.25) is 0 Å². The van der Waals surface area contributed by atoms with Crippen molar-refractivity contribution in [1.82, 2.24) is 0 Å². The molecule has 132 valence electrons. The Kier molecular flexibility index (Phi) is 4.14. The molecule has 0 saturated carbocycles. The average Bonchev–Trinajstić information content (AvgIpc) is 3.39. The second-order valence-corrected chi connectivity index (χ2v) is 6.95. The number of ether oxygens (including phenoxy) is 2. The summed E-state index contributed by atoms with van der Waals surface area (Å²) in [5, 5.41) is 12.5. The van der Waals surface area contributed by atoms with Crippen molar-refractivity contribution in [2.75, 3.05) is 18.5 Å². The molecule has 2 aliphatic heterocycles. The Morgan fingerprint density at radius 1 is 1.31 bits per heavy atom. The maximum Gasteiger partial charge on any atom is 0.255 e. The number of epoxide rings is 1. The van der Waals surface area contributed by atoms with Gasteiger partial charge in [-0.15, -0.1) is 0 Å². The van der Waals surface area contributed by atoms with E-state index in [1.165, 1.54) is 5.56 Å². The van der Waals surface area contributed by atoms with Crippen molar-refractivity contribution in [3.05, 3.63) is 47.0 Å². The minimum atomic E-state index is -0.403. The molecule has 2 aliphatic rings. The number of benzene rings is 2. The third kappa shape index (κ3) is 2.93. The number of carbonyl (C=O) groups is 1. The quantitative estimate of drug-likeness (QED) is 0.856. The fourth-order valence-electron chi connectivity index (χ4n) is 3.28. The molecule has 5 heteroatoms. The molecule has 1 amide bonds. The number of hydrogen-bond donors (Lipinski definition) is 1. The Labute approximate surface area is 152 Å². The third-order valence-corrected chi connectivity index (χ3v) is 4.86. The van der Waals surface area contributed by atoms with Gasteiger partial charge in [-0.1, -0.05) is 38.1 Å². The van der Waals surface area contributed by atoms with Gasteiger partial charge in [0.15, 0.2) is 6.10 Å². The fourth-order valence-corrected chi connectivity index (χ4v) is 3.28. The zero-order chi connectivity index (χ0) is 18.3.